The van der Waals surface area contributed by atoms with Crippen molar-refractivity contribution in [3.05, 3.63) is 0 Å². The Morgan fingerprint density at radius 3 is 2.58 bits per heavy atom. The molecule has 0 aromatic carbocycles. The topological polar surface area (TPSA) is 61.9 Å². The molecule has 106 valence electrons. The Morgan fingerprint density at radius 1 is 1.16 bits per heavy atom. The van der Waals surface area contributed by atoms with Crippen molar-refractivity contribution in [2.24, 2.45) is 5.92 Å². The molecule has 19 heavy (non-hydrogen) atoms. The predicted octanol–water partition coefficient (Wildman–Crippen LogP) is 0.0375. The second kappa shape index (κ2) is 5.00. The van der Waals surface area contributed by atoms with Crippen molar-refractivity contribution in [1.82, 2.24) is 15.1 Å². The van der Waals surface area contributed by atoms with Crippen molar-refractivity contribution < 1.29 is 14.3 Å². The summed E-state index contributed by atoms with van der Waals surface area (Å²) in [5.74, 6) is 0.168. The van der Waals surface area contributed by atoms with E-state index in [2.05, 4.69) is 5.32 Å². The molecule has 0 aliphatic carbocycles. The highest BCUT2D eigenvalue weighted by molar-refractivity contribution is 5.80. The third-order valence-electron chi connectivity index (χ3n) is 4.39. The molecule has 0 spiro atoms. The molecule has 6 nitrogen and oxygen atoms in total. The van der Waals surface area contributed by atoms with Gasteiger partial charge in [0.15, 0.2) is 0 Å². The molecule has 3 aliphatic rings. The maximum absolute atomic E-state index is 12.5. The maximum atomic E-state index is 12.5. The van der Waals surface area contributed by atoms with Crippen LogP contribution in [-0.4, -0.2) is 67.2 Å². The van der Waals surface area contributed by atoms with Crippen LogP contribution >= 0.6 is 0 Å². The zero-order valence-electron chi connectivity index (χ0n) is 11.3. The van der Waals surface area contributed by atoms with E-state index in [1.165, 1.54) is 0 Å². The average Bonchev–Trinajstić information content (AvgIpc) is 3.05. The summed E-state index contributed by atoms with van der Waals surface area (Å²) < 4.78 is 5.85. The van der Waals surface area contributed by atoms with Gasteiger partial charge in [0.1, 0.15) is 0 Å². The van der Waals surface area contributed by atoms with E-state index >= 15 is 0 Å². The quantitative estimate of drug-likeness (QED) is 0.729. The van der Waals surface area contributed by atoms with Crippen molar-refractivity contribution in [2.75, 3.05) is 33.2 Å². The maximum Gasteiger partial charge on any atom is 0.317 e. The van der Waals surface area contributed by atoms with Gasteiger partial charge in [-0.15, -0.1) is 0 Å². The van der Waals surface area contributed by atoms with Crippen molar-refractivity contribution in [2.45, 2.75) is 31.5 Å². The van der Waals surface area contributed by atoms with Gasteiger partial charge in [-0.25, -0.2) is 4.79 Å². The zero-order chi connectivity index (χ0) is 13.4. The molecule has 0 unspecified atom stereocenters. The Hall–Kier alpha value is -1.30. The highest BCUT2D eigenvalue weighted by Gasteiger charge is 2.46. The first-order valence-corrected chi connectivity index (χ1v) is 7.10. The molecule has 0 radical (unpaired) electrons. The van der Waals surface area contributed by atoms with Gasteiger partial charge in [0.2, 0.25) is 5.91 Å². The van der Waals surface area contributed by atoms with Crippen LogP contribution in [0.15, 0.2) is 0 Å². The second-order valence-corrected chi connectivity index (χ2v) is 5.63. The van der Waals surface area contributed by atoms with Crippen LogP contribution in [0, 0.1) is 5.92 Å². The Balaban J connectivity index is 1.66. The number of rotatable bonds is 1. The molecule has 3 fully saturated rings. The van der Waals surface area contributed by atoms with Gasteiger partial charge in [-0.1, -0.05) is 0 Å². The summed E-state index contributed by atoms with van der Waals surface area (Å²) in [4.78, 5) is 27.9. The lowest BCUT2D eigenvalue weighted by molar-refractivity contribution is -0.137. The van der Waals surface area contributed by atoms with E-state index in [4.69, 9.17) is 4.74 Å². The molecule has 0 aromatic rings. The summed E-state index contributed by atoms with van der Waals surface area (Å²) in [6.07, 6.45) is 2.88. The zero-order valence-corrected chi connectivity index (χ0v) is 11.3. The summed E-state index contributed by atoms with van der Waals surface area (Å²) in [5, 5.41) is 2.64. The summed E-state index contributed by atoms with van der Waals surface area (Å²) in [5.41, 5.74) is 0. The largest absolute Gasteiger partial charge is 0.370 e. The Labute approximate surface area is 113 Å². The van der Waals surface area contributed by atoms with Crippen molar-refractivity contribution in [1.29, 1.82) is 0 Å². The predicted molar refractivity (Wildman–Crippen MR) is 68.6 cm³/mol. The fourth-order valence-electron chi connectivity index (χ4n) is 3.41. The number of carbonyl (C=O) groups is 2. The number of carbonyl (C=O) groups excluding carboxylic acids is 2. The first-order chi connectivity index (χ1) is 9.19. The summed E-state index contributed by atoms with van der Waals surface area (Å²) in [6.45, 7) is 2.89. The van der Waals surface area contributed by atoms with Gasteiger partial charge in [-0.2, -0.15) is 0 Å². The second-order valence-electron chi connectivity index (χ2n) is 5.63. The first-order valence-electron chi connectivity index (χ1n) is 7.10. The van der Waals surface area contributed by atoms with Gasteiger partial charge in [-0.05, 0) is 19.3 Å². The summed E-state index contributed by atoms with van der Waals surface area (Å²) in [7, 11) is 1.63. The van der Waals surface area contributed by atoms with E-state index in [1.54, 1.807) is 11.9 Å². The molecule has 6 heteroatoms. The first kappa shape index (κ1) is 12.7. The molecule has 3 rings (SSSR count). The number of urea groups is 1. The van der Waals surface area contributed by atoms with E-state index < -0.39 is 0 Å². The Bertz CT molecular complexity index is 381. The number of hydrogen-bond donors (Lipinski definition) is 1. The van der Waals surface area contributed by atoms with Crippen molar-refractivity contribution >= 4 is 11.9 Å². The minimum atomic E-state index is -0.121. The van der Waals surface area contributed by atoms with Gasteiger partial charge < -0.3 is 19.9 Å². The van der Waals surface area contributed by atoms with Crippen LogP contribution in [0.2, 0.25) is 0 Å². The highest BCUT2D eigenvalue weighted by Crippen LogP contribution is 2.33. The fourth-order valence-corrected chi connectivity index (χ4v) is 3.41. The number of likely N-dealkylation sites (tertiary alicyclic amines) is 2. The minimum Gasteiger partial charge on any atom is -0.370 e. The van der Waals surface area contributed by atoms with Crippen molar-refractivity contribution in [3.8, 4) is 0 Å². The lowest BCUT2D eigenvalue weighted by Gasteiger charge is -2.32. The smallest absolute Gasteiger partial charge is 0.317 e. The van der Waals surface area contributed by atoms with Crippen LogP contribution in [0.1, 0.15) is 19.3 Å². The molecular formula is C13H21N3O3. The number of hydrogen-bond acceptors (Lipinski definition) is 3. The van der Waals surface area contributed by atoms with E-state index in [0.717, 1.165) is 32.4 Å². The Kier molecular flexibility index (Phi) is 3.35. The third-order valence-corrected chi connectivity index (χ3v) is 4.39. The molecule has 2 bridgehead atoms. The summed E-state index contributed by atoms with van der Waals surface area (Å²) >= 11 is 0. The van der Waals surface area contributed by atoms with Crippen LogP contribution in [0.3, 0.4) is 0 Å². The van der Waals surface area contributed by atoms with Crippen LogP contribution in [0.25, 0.3) is 0 Å². The van der Waals surface area contributed by atoms with E-state index in [1.807, 2.05) is 4.90 Å². The molecule has 3 saturated heterocycles. The van der Waals surface area contributed by atoms with Gasteiger partial charge in [0.25, 0.3) is 0 Å². The third kappa shape index (κ3) is 2.29. The lowest BCUT2D eigenvalue weighted by Crippen LogP contribution is -2.50. The van der Waals surface area contributed by atoms with Crippen LogP contribution in [-0.2, 0) is 9.53 Å². The number of ether oxygens (including phenoxy) is 1. The monoisotopic (exact) mass is 267 g/mol. The van der Waals surface area contributed by atoms with Gasteiger partial charge in [0.05, 0.1) is 18.1 Å². The molecule has 3 amide bonds. The lowest BCUT2D eigenvalue weighted by atomic mass is 9.99. The molecule has 0 aromatic heterocycles. The molecule has 3 heterocycles. The molecule has 3 atom stereocenters. The van der Waals surface area contributed by atoms with Crippen molar-refractivity contribution in [3.63, 3.8) is 0 Å². The molecule has 3 aliphatic heterocycles. The van der Waals surface area contributed by atoms with E-state index in [0.29, 0.717) is 13.1 Å². The van der Waals surface area contributed by atoms with Crippen LogP contribution < -0.4 is 5.32 Å². The van der Waals surface area contributed by atoms with Crippen LogP contribution in [0.5, 0.6) is 0 Å². The highest BCUT2D eigenvalue weighted by atomic mass is 16.5. The van der Waals surface area contributed by atoms with Gasteiger partial charge in [0, 0.05) is 33.2 Å². The SMILES string of the molecule is CNC(=O)N1C[C@H]2C[C@@H](C(=O)N3CCCC3)[C@@H](C1)O2. The number of morpholine rings is 1. The van der Waals surface area contributed by atoms with E-state index in [9.17, 15) is 9.59 Å². The normalized spacial score (nSPS) is 33.6. The Morgan fingerprint density at radius 2 is 1.89 bits per heavy atom. The van der Waals surface area contributed by atoms with Gasteiger partial charge >= 0.3 is 6.03 Å². The number of amides is 3. The van der Waals surface area contributed by atoms with Crippen LogP contribution in [0.4, 0.5) is 4.79 Å². The molecular weight excluding hydrogens is 246 g/mol. The summed E-state index contributed by atoms with van der Waals surface area (Å²) in [6, 6.07) is -0.0763. The minimum absolute atomic E-state index is 0.0209. The van der Waals surface area contributed by atoms with E-state index in [-0.39, 0.29) is 30.1 Å². The standard InChI is InChI=1S/C13H21N3O3/c1-14-13(18)16-7-9-6-10(11(8-16)19-9)12(17)15-4-2-3-5-15/h9-11H,2-8H2,1H3,(H,14,18)/t9-,10-,11-/m1/s1. The van der Waals surface area contributed by atoms with Gasteiger partial charge in [-0.3, -0.25) is 4.79 Å². The number of nitrogens with zero attached hydrogens (tertiary/aromatic N) is 2. The molecule has 1 N–H and O–H groups in total. The number of nitrogens with one attached hydrogen (secondary N) is 1. The average molecular weight is 267 g/mol. The molecule has 0 saturated carbocycles. The fraction of sp³-hybridized carbons (Fsp3) is 0.846. The number of fused-ring (bicyclic) bond motifs is 2.